The fourth-order valence-corrected chi connectivity index (χ4v) is 1.61. The number of nitrogens with zero attached hydrogens (tertiary/aromatic N) is 2. The third-order valence-corrected chi connectivity index (χ3v) is 2.56. The molecule has 0 unspecified atom stereocenters. The lowest BCUT2D eigenvalue weighted by molar-refractivity contribution is 0.407. The van der Waals surface area contributed by atoms with E-state index in [1.807, 2.05) is 0 Å². The molecule has 0 radical (unpaired) electrons. The second-order valence-corrected chi connectivity index (χ2v) is 3.85. The van der Waals surface area contributed by atoms with Gasteiger partial charge in [0.05, 0.1) is 7.11 Å². The number of rotatable bonds is 1. The van der Waals surface area contributed by atoms with E-state index >= 15 is 0 Å². The van der Waals surface area contributed by atoms with Crippen molar-refractivity contribution in [1.29, 1.82) is 0 Å². The summed E-state index contributed by atoms with van der Waals surface area (Å²) < 4.78 is 4.70. The minimum Gasteiger partial charge on any atom is -0.472 e. The molecule has 0 aliphatic heterocycles. The van der Waals surface area contributed by atoms with Crippen LogP contribution in [0.15, 0.2) is 0 Å². The van der Waals surface area contributed by atoms with Crippen molar-refractivity contribution in [2.24, 2.45) is 0 Å². The van der Waals surface area contributed by atoms with Gasteiger partial charge in [0.25, 0.3) is 5.19 Å². The molecular formula is C8H15N3OS. The van der Waals surface area contributed by atoms with Crippen molar-refractivity contribution >= 4 is 16.5 Å². The summed E-state index contributed by atoms with van der Waals surface area (Å²) in [5.41, 5.74) is 5.22. The Labute approximate surface area is 82.1 Å². The molecule has 0 aromatic carbocycles. The minimum atomic E-state index is 0.432. The molecule has 0 saturated heterocycles. The van der Waals surface area contributed by atoms with E-state index in [2.05, 4.69) is 10.2 Å². The first-order valence-electron chi connectivity index (χ1n) is 4.46. The number of aromatic nitrogens is 2. The summed E-state index contributed by atoms with van der Waals surface area (Å²) in [7, 11) is 1.53. The molecule has 1 aliphatic rings. The van der Waals surface area contributed by atoms with Gasteiger partial charge in [-0.15, -0.1) is 5.10 Å². The van der Waals surface area contributed by atoms with Gasteiger partial charge in [-0.1, -0.05) is 37.2 Å². The number of anilines is 1. The van der Waals surface area contributed by atoms with E-state index in [0.717, 1.165) is 0 Å². The van der Waals surface area contributed by atoms with Crippen LogP contribution in [0, 0.1) is 0 Å². The Morgan fingerprint density at radius 3 is 1.92 bits per heavy atom. The molecule has 1 aromatic heterocycles. The SMILES string of the molecule is C1CCCC1.COc1nnc(N)s1. The van der Waals surface area contributed by atoms with Crippen molar-refractivity contribution in [3.8, 4) is 5.19 Å². The number of hydrogen-bond acceptors (Lipinski definition) is 5. The molecule has 0 spiro atoms. The van der Waals surface area contributed by atoms with E-state index in [1.54, 1.807) is 0 Å². The molecule has 1 saturated carbocycles. The number of methoxy groups -OCH3 is 1. The van der Waals surface area contributed by atoms with Crippen molar-refractivity contribution in [2.45, 2.75) is 32.1 Å². The van der Waals surface area contributed by atoms with Gasteiger partial charge in [0.1, 0.15) is 0 Å². The average molecular weight is 201 g/mol. The van der Waals surface area contributed by atoms with Gasteiger partial charge in [0.2, 0.25) is 5.13 Å². The first-order chi connectivity index (χ1) is 6.33. The molecule has 74 valence electrons. The number of hydrogen-bond donors (Lipinski definition) is 1. The van der Waals surface area contributed by atoms with Gasteiger partial charge in [-0.2, -0.15) is 0 Å². The van der Waals surface area contributed by atoms with Crippen LogP contribution in [0.1, 0.15) is 32.1 Å². The second-order valence-electron chi connectivity index (χ2n) is 2.88. The molecule has 0 amide bonds. The first-order valence-corrected chi connectivity index (χ1v) is 5.27. The van der Waals surface area contributed by atoms with Crippen molar-refractivity contribution in [3.63, 3.8) is 0 Å². The lowest BCUT2D eigenvalue weighted by atomic mass is 10.4. The van der Waals surface area contributed by atoms with Gasteiger partial charge in [0.15, 0.2) is 0 Å². The van der Waals surface area contributed by atoms with E-state index in [0.29, 0.717) is 10.3 Å². The standard InChI is InChI=1S/C5H10.C3H5N3OS/c1-2-4-5-3-1;1-7-3-6-5-2(4)8-3/h1-5H2;1H3,(H2,4,5). The Hall–Kier alpha value is -0.840. The van der Waals surface area contributed by atoms with Gasteiger partial charge < -0.3 is 10.5 Å². The summed E-state index contributed by atoms with van der Waals surface area (Å²) in [6.07, 6.45) is 7.50. The molecule has 1 heterocycles. The van der Waals surface area contributed by atoms with Crippen molar-refractivity contribution in [1.82, 2.24) is 10.2 Å². The molecule has 1 aromatic rings. The molecule has 1 aliphatic carbocycles. The summed E-state index contributed by atoms with van der Waals surface area (Å²) in [4.78, 5) is 0. The summed E-state index contributed by atoms with van der Waals surface area (Å²) in [6, 6.07) is 0. The van der Waals surface area contributed by atoms with E-state index in [4.69, 9.17) is 10.5 Å². The minimum absolute atomic E-state index is 0.432. The monoisotopic (exact) mass is 201 g/mol. The fraction of sp³-hybridized carbons (Fsp3) is 0.750. The van der Waals surface area contributed by atoms with Crippen molar-refractivity contribution in [2.75, 3.05) is 12.8 Å². The normalized spacial score (nSPS) is 14.8. The van der Waals surface area contributed by atoms with Crippen LogP contribution in [0.5, 0.6) is 5.19 Å². The molecular weight excluding hydrogens is 186 g/mol. The molecule has 0 atom stereocenters. The summed E-state index contributed by atoms with van der Waals surface area (Å²) in [5.74, 6) is 0. The van der Waals surface area contributed by atoms with Gasteiger partial charge in [-0.05, 0) is 11.3 Å². The summed E-state index contributed by atoms with van der Waals surface area (Å²) in [6.45, 7) is 0. The zero-order chi connectivity index (χ0) is 9.52. The number of nitrogen functional groups attached to an aromatic ring is 1. The number of nitrogens with two attached hydrogens (primary N) is 1. The highest BCUT2D eigenvalue weighted by atomic mass is 32.1. The Bertz CT molecular complexity index is 227. The van der Waals surface area contributed by atoms with Crippen LogP contribution in [0.3, 0.4) is 0 Å². The first kappa shape index (κ1) is 10.2. The topological polar surface area (TPSA) is 61.0 Å². The van der Waals surface area contributed by atoms with Crippen LogP contribution in [-0.4, -0.2) is 17.3 Å². The summed E-state index contributed by atoms with van der Waals surface area (Å²) in [5, 5.41) is 8.00. The Morgan fingerprint density at radius 1 is 1.15 bits per heavy atom. The lowest BCUT2D eigenvalue weighted by Gasteiger charge is -1.82. The van der Waals surface area contributed by atoms with Crippen molar-refractivity contribution in [3.05, 3.63) is 0 Å². The Morgan fingerprint density at radius 2 is 1.69 bits per heavy atom. The van der Waals surface area contributed by atoms with Crippen LogP contribution in [0.4, 0.5) is 5.13 Å². The number of ether oxygens (including phenoxy) is 1. The average Bonchev–Trinajstić information content (AvgIpc) is 2.76. The Balaban J connectivity index is 0.000000145. The maximum Gasteiger partial charge on any atom is 0.295 e. The predicted octanol–water partition coefficient (Wildman–Crippen LogP) is 2.08. The predicted molar refractivity (Wildman–Crippen MR) is 54.0 cm³/mol. The molecule has 4 nitrogen and oxygen atoms in total. The molecule has 5 heteroatoms. The highest BCUT2D eigenvalue weighted by Gasteiger charge is 1.96. The van der Waals surface area contributed by atoms with Crippen LogP contribution in [0.25, 0.3) is 0 Å². The lowest BCUT2D eigenvalue weighted by Crippen LogP contribution is -1.80. The van der Waals surface area contributed by atoms with E-state index in [9.17, 15) is 0 Å². The maximum absolute atomic E-state index is 5.22. The van der Waals surface area contributed by atoms with E-state index in [1.165, 1.54) is 50.6 Å². The van der Waals surface area contributed by atoms with E-state index in [-0.39, 0.29) is 0 Å². The molecule has 1 fully saturated rings. The molecule has 2 N–H and O–H groups in total. The fourth-order valence-electron chi connectivity index (χ4n) is 1.19. The largest absolute Gasteiger partial charge is 0.472 e. The smallest absolute Gasteiger partial charge is 0.295 e. The van der Waals surface area contributed by atoms with E-state index < -0.39 is 0 Å². The quantitative estimate of drug-likeness (QED) is 0.755. The highest BCUT2D eigenvalue weighted by molar-refractivity contribution is 7.16. The van der Waals surface area contributed by atoms with Gasteiger partial charge in [0, 0.05) is 0 Å². The Kier molecular flexibility index (Phi) is 4.53. The van der Waals surface area contributed by atoms with Crippen LogP contribution >= 0.6 is 11.3 Å². The van der Waals surface area contributed by atoms with Crippen LogP contribution in [0.2, 0.25) is 0 Å². The van der Waals surface area contributed by atoms with Gasteiger partial charge in [-0.3, -0.25) is 0 Å². The second kappa shape index (κ2) is 5.75. The third kappa shape index (κ3) is 4.07. The molecule has 2 rings (SSSR count). The zero-order valence-corrected chi connectivity index (χ0v) is 8.64. The van der Waals surface area contributed by atoms with Gasteiger partial charge >= 0.3 is 0 Å². The zero-order valence-electron chi connectivity index (χ0n) is 7.82. The van der Waals surface area contributed by atoms with Gasteiger partial charge in [-0.25, -0.2) is 0 Å². The molecule has 0 bridgehead atoms. The third-order valence-electron chi connectivity index (χ3n) is 1.85. The summed E-state index contributed by atoms with van der Waals surface area (Å²) >= 11 is 1.22. The van der Waals surface area contributed by atoms with Crippen LogP contribution in [-0.2, 0) is 0 Å². The van der Waals surface area contributed by atoms with Crippen molar-refractivity contribution < 1.29 is 4.74 Å². The molecule has 13 heavy (non-hydrogen) atoms. The highest BCUT2D eigenvalue weighted by Crippen LogP contribution is 2.17. The van der Waals surface area contributed by atoms with Crippen LogP contribution < -0.4 is 10.5 Å². The maximum atomic E-state index is 5.22.